The minimum absolute atomic E-state index is 0. The van der Waals surface area contributed by atoms with Gasteiger partial charge in [0.1, 0.15) is 6.07 Å². The van der Waals surface area contributed by atoms with E-state index in [0.717, 1.165) is 19.4 Å². The molecule has 3 heterocycles. The van der Waals surface area contributed by atoms with Gasteiger partial charge < -0.3 is 34.8 Å². The summed E-state index contributed by atoms with van der Waals surface area (Å²) in [6.45, 7) is 2.04. The van der Waals surface area contributed by atoms with Crippen LogP contribution in [-0.4, -0.2) is 99.7 Å². The molecule has 0 unspecified atom stereocenters. The van der Waals surface area contributed by atoms with Crippen LogP contribution in [0, 0.1) is 23.0 Å². The van der Waals surface area contributed by atoms with Crippen LogP contribution in [0.2, 0.25) is 5.02 Å². The lowest BCUT2D eigenvalue weighted by Gasteiger charge is -2.36. The van der Waals surface area contributed by atoms with Gasteiger partial charge in [-0.3, -0.25) is 14.4 Å². The lowest BCUT2D eigenvalue weighted by molar-refractivity contribution is -0.192. The average Bonchev–Trinajstić information content (AvgIpc) is 3.75. The second-order valence-electron chi connectivity index (χ2n) is 10.9. The number of anilines is 1. The van der Waals surface area contributed by atoms with Gasteiger partial charge in [-0.05, 0) is 49.7 Å². The molecule has 5 rings (SSSR count). The number of ether oxygens (including phenoxy) is 1. The molecule has 0 bridgehead atoms. The summed E-state index contributed by atoms with van der Waals surface area (Å²) < 4.78 is 67.1. The number of alkyl halides is 3. The van der Waals surface area contributed by atoms with Crippen molar-refractivity contribution in [3.8, 4) is 23.1 Å². The average molecular weight is 760 g/mol. The number of aromatic nitrogens is 2. The molecule has 1 aromatic heterocycles. The third-order valence-electron chi connectivity index (χ3n) is 7.74. The van der Waals surface area contributed by atoms with Crippen LogP contribution in [0.3, 0.4) is 0 Å². The van der Waals surface area contributed by atoms with Gasteiger partial charge in [-0.2, -0.15) is 36.3 Å². The van der Waals surface area contributed by atoms with Gasteiger partial charge in [0.05, 0.1) is 28.5 Å². The standard InChI is InChI=1S/C29H28ClF2N7O4.C2HF3O2.H2S/c1-37-22(19-6-7-23(43-14-8-33)25(32)24(19)31)16-35-26(37)27(40)36-17-4-5-18(20(30)15-17)28(41)38-10-12-39(13-11-38)29(42)21-3-2-9-34-21;3-2(4,5)1(6)7;/h4-7,15-16,21,34H,2-3,9-14H2,1H3,(H,36,40);(H,6,7);1H2/t21-;;/m0../s1. The van der Waals surface area contributed by atoms with Gasteiger partial charge in [-0.15, -0.1) is 0 Å². The number of aliphatic carboxylic acids is 1. The first-order valence-electron chi connectivity index (χ1n) is 14.9. The van der Waals surface area contributed by atoms with E-state index >= 15 is 0 Å². The Kier molecular flexibility index (Phi) is 13.8. The first-order chi connectivity index (χ1) is 23.6. The molecule has 51 heavy (non-hydrogen) atoms. The lowest BCUT2D eigenvalue weighted by atomic mass is 10.1. The van der Waals surface area contributed by atoms with E-state index in [0.29, 0.717) is 31.9 Å². The Morgan fingerprint density at radius 3 is 2.31 bits per heavy atom. The summed E-state index contributed by atoms with van der Waals surface area (Å²) in [7, 11) is 1.47. The Morgan fingerprint density at radius 2 is 1.75 bits per heavy atom. The minimum atomic E-state index is -5.08. The first kappa shape index (κ1) is 40.5. The van der Waals surface area contributed by atoms with Crippen LogP contribution < -0.4 is 15.4 Å². The summed E-state index contributed by atoms with van der Waals surface area (Å²) in [5.74, 6) is -6.58. The van der Waals surface area contributed by atoms with Crippen LogP contribution in [-0.2, 0) is 16.6 Å². The Hall–Kier alpha value is -4.93. The molecule has 274 valence electrons. The zero-order valence-electron chi connectivity index (χ0n) is 26.7. The lowest BCUT2D eigenvalue weighted by Crippen LogP contribution is -2.54. The molecule has 1 atom stereocenters. The number of nitriles is 1. The van der Waals surface area contributed by atoms with Gasteiger partial charge in [-0.25, -0.2) is 14.2 Å². The molecule has 2 fully saturated rings. The monoisotopic (exact) mass is 759 g/mol. The van der Waals surface area contributed by atoms with Gasteiger partial charge in [0, 0.05) is 44.5 Å². The number of rotatable bonds is 7. The molecule has 3 aromatic rings. The summed E-state index contributed by atoms with van der Waals surface area (Å²) in [6.07, 6.45) is -2.05. The fourth-order valence-electron chi connectivity index (χ4n) is 5.19. The molecule has 3 amide bonds. The summed E-state index contributed by atoms with van der Waals surface area (Å²) in [4.78, 5) is 55.2. The Labute approximate surface area is 299 Å². The number of carbonyl (C=O) groups is 4. The van der Waals surface area contributed by atoms with Crippen LogP contribution in [0.1, 0.15) is 33.8 Å². The van der Waals surface area contributed by atoms with E-state index < -0.39 is 42.0 Å². The summed E-state index contributed by atoms with van der Waals surface area (Å²) >= 11 is 6.43. The number of halogens is 6. The number of amides is 3. The maximum Gasteiger partial charge on any atom is 0.490 e. The number of imidazole rings is 1. The smallest absolute Gasteiger partial charge is 0.476 e. The zero-order valence-corrected chi connectivity index (χ0v) is 28.4. The van der Waals surface area contributed by atoms with Gasteiger partial charge in [0.2, 0.25) is 11.7 Å². The van der Waals surface area contributed by atoms with Crippen LogP contribution in [0.5, 0.6) is 5.75 Å². The quantitative estimate of drug-likeness (QED) is 0.302. The van der Waals surface area contributed by atoms with E-state index in [2.05, 4.69) is 15.6 Å². The van der Waals surface area contributed by atoms with Crippen LogP contribution in [0.25, 0.3) is 11.3 Å². The molecule has 2 aliphatic heterocycles. The normalized spacial score (nSPS) is 15.5. The van der Waals surface area contributed by atoms with Gasteiger partial charge in [0.15, 0.2) is 24.0 Å². The van der Waals surface area contributed by atoms with E-state index in [-0.39, 0.29) is 59.0 Å². The molecule has 2 aliphatic rings. The fourth-order valence-corrected chi connectivity index (χ4v) is 5.45. The van der Waals surface area contributed by atoms with Gasteiger partial charge >= 0.3 is 12.1 Å². The van der Waals surface area contributed by atoms with E-state index in [1.54, 1.807) is 15.9 Å². The third kappa shape index (κ3) is 9.65. The molecular weight excluding hydrogens is 729 g/mol. The van der Waals surface area contributed by atoms with Crippen molar-refractivity contribution in [2.75, 3.05) is 44.6 Å². The van der Waals surface area contributed by atoms with Crippen molar-refractivity contribution < 1.29 is 51.0 Å². The Balaban J connectivity index is 0.000000797. The van der Waals surface area contributed by atoms with Gasteiger partial charge in [-0.1, -0.05) is 11.6 Å². The molecule has 2 aromatic carbocycles. The van der Waals surface area contributed by atoms with Crippen molar-refractivity contribution in [1.82, 2.24) is 24.7 Å². The molecule has 0 spiro atoms. The number of nitrogens with zero attached hydrogens (tertiary/aromatic N) is 5. The first-order valence-corrected chi connectivity index (χ1v) is 15.2. The van der Waals surface area contributed by atoms with E-state index in [1.807, 2.05) is 0 Å². The number of carboxylic acid groups (broad SMARTS) is 1. The van der Waals surface area contributed by atoms with E-state index in [4.69, 9.17) is 31.5 Å². The van der Waals surface area contributed by atoms with E-state index in [1.165, 1.54) is 48.1 Å². The molecule has 20 heteroatoms. The SMILES string of the molecule is Cn1c(-c2ccc(OCC#N)c(F)c2F)cnc1C(=O)Nc1ccc(C(=O)N2CCN(C(=O)[C@@H]3CCCN3)CC2)c(Cl)c1.O=C(O)C(F)(F)F.S. The summed E-state index contributed by atoms with van der Waals surface area (Å²) in [5.41, 5.74) is 0.540. The predicted octanol–water partition coefficient (Wildman–Crippen LogP) is 3.96. The van der Waals surface area contributed by atoms with Crippen molar-refractivity contribution in [2.45, 2.75) is 25.1 Å². The number of nitrogens with one attached hydrogen (secondary N) is 2. The predicted molar refractivity (Wildman–Crippen MR) is 177 cm³/mol. The molecular formula is C31H31ClF5N7O6S. The van der Waals surface area contributed by atoms with Gasteiger partial charge in [0.25, 0.3) is 11.8 Å². The molecule has 0 radical (unpaired) electrons. The second-order valence-corrected chi connectivity index (χ2v) is 11.3. The molecule has 0 aliphatic carbocycles. The van der Waals surface area contributed by atoms with Crippen LogP contribution in [0.15, 0.2) is 36.5 Å². The number of carbonyl (C=O) groups excluding carboxylic acids is 3. The number of carboxylic acids is 1. The Bertz CT molecular complexity index is 1820. The van der Waals surface area contributed by atoms with E-state index in [9.17, 15) is 36.3 Å². The van der Waals surface area contributed by atoms with Crippen LogP contribution in [0.4, 0.5) is 27.6 Å². The highest BCUT2D eigenvalue weighted by molar-refractivity contribution is 7.59. The zero-order chi connectivity index (χ0) is 36.7. The maximum atomic E-state index is 14.8. The third-order valence-corrected chi connectivity index (χ3v) is 8.06. The number of piperazine rings is 1. The molecule has 3 N–H and O–H groups in total. The minimum Gasteiger partial charge on any atom is -0.476 e. The number of hydrogen-bond acceptors (Lipinski definition) is 8. The molecule has 0 saturated carbocycles. The highest BCUT2D eigenvalue weighted by atomic mass is 35.5. The highest BCUT2D eigenvalue weighted by Gasteiger charge is 2.38. The summed E-state index contributed by atoms with van der Waals surface area (Å²) in [6, 6.07) is 8.47. The number of hydrogen-bond donors (Lipinski definition) is 3. The Morgan fingerprint density at radius 1 is 1.10 bits per heavy atom. The fraction of sp³-hybridized carbons (Fsp3) is 0.355. The van der Waals surface area contributed by atoms with Crippen molar-refractivity contribution in [2.24, 2.45) is 7.05 Å². The largest absolute Gasteiger partial charge is 0.490 e. The van der Waals surface area contributed by atoms with Crippen molar-refractivity contribution >= 4 is 54.5 Å². The molecule has 13 nitrogen and oxygen atoms in total. The van der Waals surface area contributed by atoms with Crippen molar-refractivity contribution in [3.05, 3.63) is 64.6 Å². The second kappa shape index (κ2) is 17.3. The summed E-state index contributed by atoms with van der Waals surface area (Å²) in [5, 5.41) is 21.7. The highest BCUT2D eigenvalue weighted by Crippen LogP contribution is 2.30. The number of benzene rings is 2. The topological polar surface area (TPSA) is 170 Å². The van der Waals surface area contributed by atoms with Crippen LogP contribution >= 0.6 is 25.1 Å². The molecule has 2 saturated heterocycles. The van der Waals surface area contributed by atoms with Crippen molar-refractivity contribution in [3.63, 3.8) is 0 Å². The maximum absolute atomic E-state index is 14.8. The van der Waals surface area contributed by atoms with Crippen molar-refractivity contribution in [1.29, 1.82) is 5.26 Å².